The summed E-state index contributed by atoms with van der Waals surface area (Å²) in [5, 5.41) is 14.6. The zero-order valence-corrected chi connectivity index (χ0v) is 21.4. The summed E-state index contributed by atoms with van der Waals surface area (Å²) in [5.41, 5.74) is 7.36. The van der Waals surface area contributed by atoms with Crippen LogP contribution in [0, 0.1) is 17.0 Å². The van der Waals surface area contributed by atoms with Crippen molar-refractivity contribution in [1.82, 2.24) is 0 Å². The minimum atomic E-state index is -0.569. The van der Waals surface area contributed by atoms with E-state index in [1.807, 2.05) is 49.4 Å². The fraction of sp³-hybridized carbons (Fsp3) is 0.300. The molecular formula is C30H31N3O5. The molecule has 0 saturated carbocycles. The summed E-state index contributed by atoms with van der Waals surface area (Å²) in [6, 6.07) is 21.4. The molecule has 0 spiro atoms. The van der Waals surface area contributed by atoms with Crippen LogP contribution in [0.4, 0.5) is 16.2 Å². The van der Waals surface area contributed by atoms with Crippen LogP contribution in [-0.2, 0) is 22.5 Å². The van der Waals surface area contributed by atoms with Crippen molar-refractivity contribution in [2.24, 2.45) is 0 Å². The highest BCUT2D eigenvalue weighted by Crippen LogP contribution is 2.42. The van der Waals surface area contributed by atoms with E-state index in [4.69, 9.17) is 9.47 Å². The Labute approximate surface area is 222 Å². The van der Waals surface area contributed by atoms with E-state index in [0.29, 0.717) is 18.9 Å². The molecule has 0 radical (unpaired) electrons. The van der Waals surface area contributed by atoms with Crippen molar-refractivity contribution in [3.8, 4) is 0 Å². The Kier molecular flexibility index (Phi) is 7.70. The number of allylic oxidation sites excluding steroid dienone is 1. The molecule has 5 rings (SSSR count). The van der Waals surface area contributed by atoms with E-state index in [2.05, 4.69) is 34.5 Å². The molecular weight excluding hydrogens is 482 g/mol. The minimum absolute atomic E-state index is 0.157. The second kappa shape index (κ2) is 11.5. The zero-order valence-electron chi connectivity index (χ0n) is 21.4. The molecule has 0 bridgehead atoms. The van der Waals surface area contributed by atoms with Gasteiger partial charge in [0.05, 0.1) is 19.1 Å². The maximum Gasteiger partial charge on any atom is 0.411 e. The average Bonchev–Trinajstić information content (AvgIpc) is 3.36. The van der Waals surface area contributed by atoms with Crippen LogP contribution in [0.25, 0.3) is 5.57 Å². The van der Waals surface area contributed by atoms with Crippen molar-refractivity contribution in [2.45, 2.75) is 25.9 Å². The Morgan fingerprint density at radius 1 is 1.11 bits per heavy atom. The smallest absolute Gasteiger partial charge is 0.411 e. The van der Waals surface area contributed by atoms with Crippen molar-refractivity contribution >= 4 is 23.0 Å². The van der Waals surface area contributed by atoms with Crippen LogP contribution in [-0.4, -0.2) is 43.9 Å². The van der Waals surface area contributed by atoms with Gasteiger partial charge in [-0.1, -0.05) is 54.6 Å². The predicted octanol–water partition coefficient (Wildman–Crippen LogP) is 5.58. The van der Waals surface area contributed by atoms with Crippen LogP contribution < -0.4 is 10.2 Å². The van der Waals surface area contributed by atoms with Crippen molar-refractivity contribution in [1.29, 1.82) is 0 Å². The topological polar surface area (TPSA) is 93.9 Å². The number of hydrogen-bond donors (Lipinski definition) is 1. The number of nitrogens with zero attached hydrogens (tertiary/aromatic N) is 2. The molecule has 1 aliphatic carbocycles. The fourth-order valence-electron chi connectivity index (χ4n) is 5.24. The minimum Gasteiger partial charge on any atom is -0.444 e. The molecule has 1 atom stereocenters. The highest BCUT2D eigenvalue weighted by Gasteiger charge is 2.30. The maximum atomic E-state index is 12.5. The lowest BCUT2D eigenvalue weighted by Gasteiger charge is -2.29. The first-order chi connectivity index (χ1) is 18.5. The lowest BCUT2D eigenvalue weighted by Crippen LogP contribution is -2.36. The normalized spacial score (nSPS) is 15.4. The molecule has 8 nitrogen and oxygen atoms in total. The first-order valence-electron chi connectivity index (χ1n) is 12.8. The van der Waals surface area contributed by atoms with Gasteiger partial charge in [0.25, 0.3) is 0 Å². The number of carbonyl (C=O) groups is 1. The summed E-state index contributed by atoms with van der Waals surface area (Å²) in [5.74, 6) is -0.451. The number of hydrogen-bond acceptors (Lipinski definition) is 6. The molecule has 1 heterocycles. The van der Waals surface area contributed by atoms with Gasteiger partial charge < -0.3 is 14.4 Å². The van der Waals surface area contributed by atoms with Gasteiger partial charge in [-0.05, 0) is 64.9 Å². The number of amides is 1. The third-order valence-corrected chi connectivity index (χ3v) is 7.23. The van der Waals surface area contributed by atoms with Gasteiger partial charge in [-0.2, -0.15) is 0 Å². The highest BCUT2D eigenvalue weighted by atomic mass is 16.6. The molecule has 1 fully saturated rings. The number of morpholine rings is 1. The van der Waals surface area contributed by atoms with Crippen molar-refractivity contribution < 1.29 is 19.2 Å². The highest BCUT2D eigenvalue weighted by molar-refractivity contribution is 5.87. The van der Waals surface area contributed by atoms with Gasteiger partial charge in [0, 0.05) is 29.4 Å². The van der Waals surface area contributed by atoms with Gasteiger partial charge in [0.2, 0.25) is 6.54 Å². The second-order valence-corrected chi connectivity index (χ2v) is 9.58. The number of ether oxygens (including phenoxy) is 2. The van der Waals surface area contributed by atoms with Crippen molar-refractivity contribution in [2.75, 3.05) is 43.1 Å². The lowest BCUT2D eigenvalue weighted by molar-refractivity contribution is -0.481. The Balaban J connectivity index is 1.39. The number of carbonyl (C=O) groups excluding carboxylic acids is 1. The lowest BCUT2D eigenvalue weighted by atomic mass is 9.85. The molecule has 1 saturated heterocycles. The van der Waals surface area contributed by atoms with E-state index < -0.39 is 12.0 Å². The molecule has 1 unspecified atom stereocenters. The Hall–Kier alpha value is -4.17. The van der Waals surface area contributed by atoms with Gasteiger partial charge in [-0.3, -0.25) is 15.4 Å². The van der Waals surface area contributed by atoms with Crippen LogP contribution in [0.15, 0.2) is 72.8 Å². The van der Waals surface area contributed by atoms with Gasteiger partial charge in [0.1, 0.15) is 6.61 Å². The average molecular weight is 514 g/mol. The van der Waals surface area contributed by atoms with Crippen LogP contribution in [0.1, 0.15) is 33.7 Å². The number of nitrogens with one attached hydrogen (secondary N) is 1. The molecule has 196 valence electrons. The third-order valence-electron chi connectivity index (χ3n) is 7.23. The molecule has 3 aromatic carbocycles. The Bertz CT molecular complexity index is 1350. The molecule has 1 amide bonds. The van der Waals surface area contributed by atoms with E-state index in [1.165, 1.54) is 5.56 Å². The SMILES string of the molecule is Cc1c(NC(=O)OCc2ccccc2)cccc1C(C[N+](=O)[O-])C1=CCc2ccc(N3CCOCC3)cc21. The zero-order chi connectivity index (χ0) is 26.5. The summed E-state index contributed by atoms with van der Waals surface area (Å²) < 4.78 is 10.9. The second-order valence-electron chi connectivity index (χ2n) is 9.58. The quantitative estimate of drug-likeness (QED) is 0.312. The van der Waals surface area contributed by atoms with Crippen LogP contribution in [0.2, 0.25) is 0 Å². The van der Waals surface area contributed by atoms with Crippen LogP contribution in [0.3, 0.4) is 0 Å². The van der Waals surface area contributed by atoms with E-state index in [9.17, 15) is 14.9 Å². The largest absolute Gasteiger partial charge is 0.444 e. The molecule has 1 N–H and O–H groups in total. The molecule has 0 aromatic heterocycles. The van der Waals surface area contributed by atoms with E-state index in [-0.39, 0.29) is 18.1 Å². The summed E-state index contributed by atoms with van der Waals surface area (Å²) in [6.07, 6.45) is 2.28. The molecule has 2 aliphatic rings. The maximum absolute atomic E-state index is 12.5. The Morgan fingerprint density at radius 2 is 1.89 bits per heavy atom. The predicted molar refractivity (Wildman–Crippen MR) is 147 cm³/mol. The van der Waals surface area contributed by atoms with E-state index in [1.54, 1.807) is 6.07 Å². The van der Waals surface area contributed by atoms with Crippen LogP contribution >= 0.6 is 0 Å². The van der Waals surface area contributed by atoms with Crippen LogP contribution in [0.5, 0.6) is 0 Å². The molecule has 3 aromatic rings. The summed E-state index contributed by atoms with van der Waals surface area (Å²) >= 11 is 0. The van der Waals surface area contributed by atoms with E-state index >= 15 is 0 Å². The standard InChI is InChI=1S/C30H31N3O5/c1-21-25(8-5-9-29(21)31-30(34)38-20-22-6-3-2-4-7-22)28(19-33(35)36)26-13-11-23-10-12-24(18-27(23)26)32-14-16-37-17-15-32/h2-10,12-13,18,28H,11,14-17,19-20H2,1H3,(H,31,34). The molecule has 8 heteroatoms. The third kappa shape index (κ3) is 5.70. The number of anilines is 2. The monoisotopic (exact) mass is 513 g/mol. The van der Waals surface area contributed by atoms with Gasteiger partial charge in [0.15, 0.2) is 0 Å². The van der Waals surface area contributed by atoms with E-state index in [0.717, 1.165) is 53.0 Å². The van der Waals surface area contributed by atoms with Gasteiger partial charge in [-0.15, -0.1) is 0 Å². The summed E-state index contributed by atoms with van der Waals surface area (Å²) in [6.45, 7) is 4.83. The van der Waals surface area contributed by atoms with Crippen molar-refractivity contribution in [3.63, 3.8) is 0 Å². The molecule has 1 aliphatic heterocycles. The first kappa shape index (κ1) is 25.5. The summed E-state index contributed by atoms with van der Waals surface area (Å²) in [7, 11) is 0. The van der Waals surface area contributed by atoms with Gasteiger partial charge >= 0.3 is 6.09 Å². The number of benzene rings is 3. The summed E-state index contributed by atoms with van der Waals surface area (Å²) in [4.78, 5) is 26.4. The first-order valence-corrected chi connectivity index (χ1v) is 12.8. The number of rotatable bonds is 8. The number of fused-ring (bicyclic) bond motifs is 1. The van der Waals surface area contributed by atoms with Crippen molar-refractivity contribution in [3.05, 3.63) is 111 Å². The fourth-order valence-corrected chi connectivity index (χ4v) is 5.24. The molecule has 38 heavy (non-hydrogen) atoms. The van der Waals surface area contributed by atoms with Gasteiger partial charge in [-0.25, -0.2) is 4.79 Å². The number of nitro groups is 1. The Morgan fingerprint density at radius 3 is 2.66 bits per heavy atom.